The highest BCUT2D eigenvalue weighted by molar-refractivity contribution is 9.10. The van der Waals surface area contributed by atoms with E-state index in [0.29, 0.717) is 12.1 Å². The standard InChI is InChI=1S/C14H22BrNO/c1-4-6-14(10-17-3)16-11(2)12-7-5-8-13(15)9-12/h5,7-9,11,14,16H,4,6,10H2,1-3H3. The van der Waals surface area contributed by atoms with Crippen molar-refractivity contribution in [2.24, 2.45) is 0 Å². The van der Waals surface area contributed by atoms with Gasteiger partial charge in [0.1, 0.15) is 0 Å². The Morgan fingerprint density at radius 3 is 2.76 bits per heavy atom. The first-order valence-corrected chi connectivity index (χ1v) is 6.97. The molecule has 0 radical (unpaired) electrons. The zero-order valence-corrected chi connectivity index (χ0v) is 12.5. The van der Waals surface area contributed by atoms with Gasteiger partial charge in [-0.2, -0.15) is 0 Å². The molecule has 0 aliphatic carbocycles. The van der Waals surface area contributed by atoms with Gasteiger partial charge in [0.05, 0.1) is 6.61 Å². The Labute approximate surface area is 113 Å². The van der Waals surface area contributed by atoms with Crippen molar-refractivity contribution < 1.29 is 4.74 Å². The van der Waals surface area contributed by atoms with E-state index in [4.69, 9.17) is 4.74 Å². The van der Waals surface area contributed by atoms with Crippen LogP contribution in [0.15, 0.2) is 28.7 Å². The summed E-state index contributed by atoms with van der Waals surface area (Å²) in [5, 5.41) is 3.62. The van der Waals surface area contributed by atoms with Crippen molar-refractivity contribution >= 4 is 15.9 Å². The molecule has 0 aromatic heterocycles. The predicted molar refractivity (Wildman–Crippen MR) is 76.3 cm³/mol. The molecular weight excluding hydrogens is 278 g/mol. The van der Waals surface area contributed by atoms with Gasteiger partial charge in [-0.15, -0.1) is 0 Å². The average Bonchev–Trinajstić information content (AvgIpc) is 2.29. The van der Waals surface area contributed by atoms with Crippen LogP contribution in [-0.4, -0.2) is 19.8 Å². The summed E-state index contributed by atoms with van der Waals surface area (Å²) in [5.74, 6) is 0. The second-order valence-electron chi connectivity index (χ2n) is 4.38. The molecule has 1 aromatic rings. The number of nitrogens with one attached hydrogen (secondary N) is 1. The molecule has 3 heteroatoms. The second kappa shape index (κ2) is 7.85. The second-order valence-corrected chi connectivity index (χ2v) is 5.30. The van der Waals surface area contributed by atoms with Crippen LogP contribution in [0.5, 0.6) is 0 Å². The van der Waals surface area contributed by atoms with E-state index in [2.05, 4.69) is 59.4 Å². The van der Waals surface area contributed by atoms with Gasteiger partial charge in [-0.1, -0.05) is 41.4 Å². The largest absolute Gasteiger partial charge is 0.383 e. The van der Waals surface area contributed by atoms with Gasteiger partial charge in [0, 0.05) is 23.7 Å². The van der Waals surface area contributed by atoms with E-state index in [1.807, 2.05) is 0 Å². The molecule has 0 bridgehead atoms. The topological polar surface area (TPSA) is 21.3 Å². The first kappa shape index (κ1) is 14.7. The van der Waals surface area contributed by atoms with Crippen LogP contribution in [0, 0.1) is 0 Å². The fourth-order valence-electron chi connectivity index (χ4n) is 1.99. The SMILES string of the molecule is CCCC(COC)NC(C)c1cccc(Br)c1. The minimum absolute atomic E-state index is 0.346. The fraction of sp³-hybridized carbons (Fsp3) is 0.571. The zero-order chi connectivity index (χ0) is 12.7. The zero-order valence-electron chi connectivity index (χ0n) is 10.9. The third-order valence-electron chi connectivity index (χ3n) is 2.84. The Morgan fingerprint density at radius 2 is 2.18 bits per heavy atom. The molecule has 2 nitrogen and oxygen atoms in total. The van der Waals surface area contributed by atoms with Crippen molar-refractivity contribution in [3.63, 3.8) is 0 Å². The smallest absolute Gasteiger partial charge is 0.0616 e. The normalized spacial score (nSPS) is 14.6. The summed E-state index contributed by atoms with van der Waals surface area (Å²) in [5.41, 5.74) is 1.30. The fourth-order valence-corrected chi connectivity index (χ4v) is 2.41. The molecule has 0 amide bonds. The van der Waals surface area contributed by atoms with Crippen molar-refractivity contribution in [2.75, 3.05) is 13.7 Å². The molecule has 0 aliphatic rings. The number of hydrogen-bond acceptors (Lipinski definition) is 2. The number of methoxy groups -OCH3 is 1. The Balaban J connectivity index is 2.59. The van der Waals surface area contributed by atoms with Crippen LogP contribution in [0.4, 0.5) is 0 Å². The molecular formula is C14H22BrNO. The molecule has 0 fully saturated rings. The van der Waals surface area contributed by atoms with Gasteiger partial charge < -0.3 is 10.1 Å². The van der Waals surface area contributed by atoms with E-state index < -0.39 is 0 Å². The van der Waals surface area contributed by atoms with Gasteiger partial charge >= 0.3 is 0 Å². The van der Waals surface area contributed by atoms with Gasteiger partial charge in [0.15, 0.2) is 0 Å². The number of benzene rings is 1. The third kappa shape index (κ3) is 5.19. The summed E-state index contributed by atoms with van der Waals surface area (Å²) >= 11 is 3.51. The molecule has 96 valence electrons. The maximum absolute atomic E-state index is 5.25. The monoisotopic (exact) mass is 299 g/mol. The average molecular weight is 300 g/mol. The lowest BCUT2D eigenvalue weighted by Crippen LogP contribution is -2.35. The molecule has 1 aromatic carbocycles. The lowest BCUT2D eigenvalue weighted by atomic mass is 10.1. The summed E-state index contributed by atoms with van der Waals surface area (Å²) in [7, 11) is 1.76. The highest BCUT2D eigenvalue weighted by Crippen LogP contribution is 2.18. The van der Waals surface area contributed by atoms with Crippen molar-refractivity contribution in [1.82, 2.24) is 5.32 Å². The van der Waals surface area contributed by atoms with Gasteiger partial charge in [0.25, 0.3) is 0 Å². The van der Waals surface area contributed by atoms with Crippen LogP contribution in [0.1, 0.15) is 38.3 Å². The van der Waals surface area contributed by atoms with Crippen molar-refractivity contribution in [2.45, 2.75) is 38.8 Å². The van der Waals surface area contributed by atoms with E-state index in [9.17, 15) is 0 Å². The van der Waals surface area contributed by atoms with Crippen molar-refractivity contribution in [1.29, 1.82) is 0 Å². The van der Waals surface area contributed by atoms with Gasteiger partial charge in [-0.25, -0.2) is 0 Å². The maximum Gasteiger partial charge on any atom is 0.0616 e. The predicted octanol–water partition coefficient (Wildman–Crippen LogP) is 3.91. The molecule has 17 heavy (non-hydrogen) atoms. The minimum atomic E-state index is 0.346. The molecule has 2 unspecified atom stereocenters. The number of halogens is 1. The van der Waals surface area contributed by atoms with E-state index in [0.717, 1.165) is 17.5 Å². The van der Waals surface area contributed by atoms with E-state index in [1.165, 1.54) is 12.0 Å². The first-order chi connectivity index (χ1) is 8.17. The molecule has 0 saturated carbocycles. The number of rotatable bonds is 7. The molecule has 0 heterocycles. The van der Waals surface area contributed by atoms with Crippen molar-refractivity contribution in [3.8, 4) is 0 Å². The van der Waals surface area contributed by atoms with Crippen LogP contribution >= 0.6 is 15.9 Å². The molecule has 0 saturated heterocycles. The Kier molecular flexibility index (Phi) is 6.78. The van der Waals surface area contributed by atoms with E-state index >= 15 is 0 Å². The number of hydrogen-bond donors (Lipinski definition) is 1. The highest BCUT2D eigenvalue weighted by atomic mass is 79.9. The molecule has 0 aliphatic heterocycles. The van der Waals surface area contributed by atoms with Gasteiger partial charge in [0.2, 0.25) is 0 Å². The van der Waals surface area contributed by atoms with Crippen LogP contribution in [-0.2, 0) is 4.74 Å². The van der Waals surface area contributed by atoms with E-state index in [-0.39, 0.29) is 0 Å². The van der Waals surface area contributed by atoms with Crippen molar-refractivity contribution in [3.05, 3.63) is 34.3 Å². The minimum Gasteiger partial charge on any atom is -0.383 e. The van der Waals surface area contributed by atoms with Gasteiger partial charge in [-0.05, 0) is 31.0 Å². The summed E-state index contributed by atoms with van der Waals surface area (Å²) in [6.07, 6.45) is 2.32. The first-order valence-electron chi connectivity index (χ1n) is 6.17. The Bertz CT molecular complexity index is 324. The summed E-state index contributed by atoms with van der Waals surface area (Å²) < 4.78 is 6.37. The van der Waals surface area contributed by atoms with Crippen LogP contribution in [0.2, 0.25) is 0 Å². The molecule has 0 spiro atoms. The summed E-state index contributed by atoms with van der Waals surface area (Å²) in [4.78, 5) is 0. The summed E-state index contributed by atoms with van der Waals surface area (Å²) in [6, 6.07) is 9.21. The van der Waals surface area contributed by atoms with Crippen LogP contribution < -0.4 is 5.32 Å². The van der Waals surface area contributed by atoms with Gasteiger partial charge in [-0.3, -0.25) is 0 Å². The van der Waals surface area contributed by atoms with Crippen LogP contribution in [0.3, 0.4) is 0 Å². The Hall–Kier alpha value is -0.380. The summed E-state index contributed by atoms with van der Waals surface area (Å²) in [6.45, 7) is 5.17. The Morgan fingerprint density at radius 1 is 1.41 bits per heavy atom. The molecule has 2 atom stereocenters. The lowest BCUT2D eigenvalue weighted by molar-refractivity contribution is 0.157. The lowest BCUT2D eigenvalue weighted by Gasteiger charge is -2.23. The number of ether oxygens (including phenoxy) is 1. The quantitative estimate of drug-likeness (QED) is 0.824. The van der Waals surface area contributed by atoms with E-state index in [1.54, 1.807) is 7.11 Å². The molecule has 1 N–H and O–H groups in total. The maximum atomic E-state index is 5.25. The third-order valence-corrected chi connectivity index (χ3v) is 3.33. The molecule has 1 rings (SSSR count). The van der Waals surface area contributed by atoms with Crippen LogP contribution in [0.25, 0.3) is 0 Å². The highest BCUT2D eigenvalue weighted by Gasteiger charge is 2.12.